The van der Waals surface area contributed by atoms with E-state index in [4.69, 9.17) is 14.2 Å². The lowest BCUT2D eigenvalue weighted by atomic mass is 10.1. The minimum atomic E-state index is -1.20. The zero-order valence-corrected chi connectivity index (χ0v) is 16.6. The monoisotopic (exact) mass is 389 g/mol. The van der Waals surface area contributed by atoms with Crippen LogP contribution in [0, 0.1) is 5.92 Å². The molecule has 2 rings (SSSR count). The Morgan fingerprint density at radius 1 is 1.07 bits per heavy atom. The molecule has 28 heavy (non-hydrogen) atoms. The topological polar surface area (TPSA) is 91.3 Å². The van der Waals surface area contributed by atoms with Crippen molar-refractivity contribution in [1.29, 1.82) is 0 Å². The molecule has 0 saturated carbocycles. The Balaban J connectivity index is 1.96. The van der Waals surface area contributed by atoms with E-state index < -0.39 is 23.6 Å². The number of nitrogens with zero attached hydrogens (tertiary/aromatic N) is 1. The summed E-state index contributed by atoms with van der Waals surface area (Å²) in [4.78, 5) is 40.4. The maximum atomic E-state index is 12.2. The smallest absolute Gasteiger partial charge is 0.338 e. The highest BCUT2D eigenvalue weighted by Gasteiger charge is 2.46. The van der Waals surface area contributed by atoms with Crippen molar-refractivity contribution in [3.05, 3.63) is 29.8 Å². The van der Waals surface area contributed by atoms with Gasteiger partial charge in [0.25, 0.3) is 5.79 Å². The third-order valence-electron chi connectivity index (χ3n) is 4.62. The van der Waals surface area contributed by atoms with Gasteiger partial charge in [-0.25, -0.2) is 4.79 Å². The molecule has 1 aliphatic heterocycles. The highest BCUT2D eigenvalue weighted by Crippen LogP contribution is 2.29. The molecule has 0 spiro atoms. The summed E-state index contributed by atoms with van der Waals surface area (Å²) in [6.07, 6.45) is 4.91. The molecule has 0 amide bonds. The standard InChI is InChI=1S/C21H27NO6/c1-4-7-8-13-26-18(23)15-9-11-16(12-10-15)22-14-17-19(24)27-21(5-2,6-3)28-20(17)25/h9-12,14,17H,4-8,13H2,1-3H3. The van der Waals surface area contributed by atoms with Crippen molar-refractivity contribution >= 4 is 29.8 Å². The normalized spacial score (nSPS) is 16.7. The highest BCUT2D eigenvalue weighted by atomic mass is 16.7. The molecule has 0 aromatic heterocycles. The molecule has 1 aliphatic rings. The first kappa shape index (κ1) is 21.6. The summed E-state index contributed by atoms with van der Waals surface area (Å²) in [7, 11) is 0. The van der Waals surface area contributed by atoms with Gasteiger partial charge in [0.2, 0.25) is 0 Å². The van der Waals surface area contributed by atoms with Gasteiger partial charge in [0.15, 0.2) is 5.92 Å². The van der Waals surface area contributed by atoms with Crippen molar-refractivity contribution in [3.63, 3.8) is 0 Å². The number of esters is 3. The Morgan fingerprint density at radius 3 is 2.21 bits per heavy atom. The molecule has 0 N–H and O–H groups in total. The van der Waals surface area contributed by atoms with Crippen LogP contribution in [0.25, 0.3) is 0 Å². The molecule has 1 fully saturated rings. The molecule has 0 bridgehead atoms. The summed E-state index contributed by atoms with van der Waals surface area (Å²) >= 11 is 0. The summed E-state index contributed by atoms with van der Waals surface area (Å²) < 4.78 is 15.8. The van der Waals surface area contributed by atoms with Crippen molar-refractivity contribution in [2.45, 2.75) is 58.7 Å². The first-order valence-electron chi connectivity index (χ1n) is 9.71. The van der Waals surface area contributed by atoms with Crippen molar-refractivity contribution in [2.75, 3.05) is 6.61 Å². The average Bonchev–Trinajstić information content (AvgIpc) is 2.70. The second kappa shape index (κ2) is 10.0. The zero-order valence-electron chi connectivity index (χ0n) is 16.6. The van der Waals surface area contributed by atoms with E-state index in [2.05, 4.69) is 11.9 Å². The number of benzene rings is 1. The molecule has 7 heteroatoms. The quantitative estimate of drug-likeness (QED) is 0.275. The Morgan fingerprint density at radius 2 is 1.68 bits per heavy atom. The number of rotatable bonds is 9. The van der Waals surface area contributed by atoms with E-state index in [9.17, 15) is 14.4 Å². The molecule has 0 unspecified atom stereocenters. The summed E-state index contributed by atoms with van der Waals surface area (Å²) in [5, 5.41) is 0. The van der Waals surface area contributed by atoms with Gasteiger partial charge in [0.05, 0.1) is 17.9 Å². The van der Waals surface area contributed by atoms with E-state index in [1.165, 1.54) is 6.21 Å². The fourth-order valence-electron chi connectivity index (χ4n) is 2.72. The fourth-order valence-corrected chi connectivity index (χ4v) is 2.72. The number of unbranched alkanes of at least 4 members (excludes halogenated alkanes) is 2. The van der Waals surface area contributed by atoms with Gasteiger partial charge in [-0.2, -0.15) is 0 Å². The Labute approximate surface area is 165 Å². The van der Waals surface area contributed by atoms with E-state index >= 15 is 0 Å². The van der Waals surface area contributed by atoms with Gasteiger partial charge in [-0.05, 0) is 30.7 Å². The van der Waals surface area contributed by atoms with Gasteiger partial charge in [-0.1, -0.05) is 33.6 Å². The molecule has 152 valence electrons. The van der Waals surface area contributed by atoms with E-state index in [0.29, 0.717) is 30.7 Å². The molecule has 1 aromatic rings. The zero-order chi connectivity index (χ0) is 20.6. The van der Waals surface area contributed by atoms with Gasteiger partial charge in [0, 0.05) is 19.1 Å². The molecule has 0 atom stereocenters. The van der Waals surface area contributed by atoms with Crippen LogP contribution in [0.3, 0.4) is 0 Å². The Bertz CT molecular complexity index is 701. The van der Waals surface area contributed by atoms with Crippen LogP contribution in [-0.2, 0) is 23.8 Å². The lowest BCUT2D eigenvalue weighted by Gasteiger charge is -2.36. The van der Waals surface area contributed by atoms with Gasteiger partial charge < -0.3 is 14.2 Å². The third kappa shape index (κ3) is 5.41. The van der Waals surface area contributed by atoms with Gasteiger partial charge in [-0.3, -0.25) is 14.6 Å². The number of hydrogen-bond acceptors (Lipinski definition) is 7. The molecule has 7 nitrogen and oxygen atoms in total. The minimum absolute atomic E-state index is 0.387. The first-order chi connectivity index (χ1) is 13.4. The summed E-state index contributed by atoms with van der Waals surface area (Å²) in [5.74, 6) is -4.11. The third-order valence-corrected chi connectivity index (χ3v) is 4.62. The van der Waals surface area contributed by atoms with Crippen molar-refractivity contribution in [3.8, 4) is 0 Å². The van der Waals surface area contributed by atoms with Crippen LogP contribution in [-0.4, -0.2) is 36.5 Å². The second-order valence-corrected chi connectivity index (χ2v) is 6.61. The molecule has 0 radical (unpaired) electrons. The maximum Gasteiger partial charge on any atom is 0.338 e. The Hall–Kier alpha value is -2.70. The van der Waals surface area contributed by atoms with Crippen LogP contribution in [0.1, 0.15) is 63.2 Å². The number of aliphatic imine (C=N–C) groups is 1. The summed E-state index contributed by atoms with van der Waals surface area (Å²) in [6.45, 7) is 6.05. The number of carbonyl (C=O) groups is 3. The van der Waals surface area contributed by atoms with Crippen LogP contribution in [0.2, 0.25) is 0 Å². The molecule has 0 aliphatic carbocycles. The number of hydrogen-bond donors (Lipinski definition) is 0. The van der Waals surface area contributed by atoms with Gasteiger partial charge in [0.1, 0.15) is 0 Å². The minimum Gasteiger partial charge on any atom is -0.462 e. The highest BCUT2D eigenvalue weighted by molar-refractivity contribution is 6.10. The van der Waals surface area contributed by atoms with E-state index in [-0.39, 0.29) is 5.97 Å². The van der Waals surface area contributed by atoms with Crippen LogP contribution < -0.4 is 0 Å². The van der Waals surface area contributed by atoms with Crippen LogP contribution >= 0.6 is 0 Å². The van der Waals surface area contributed by atoms with Crippen molar-refractivity contribution in [1.82, 2.24) is 0 Å². The van der Waals surface area contributed by atoms with Crippen molar-refractivity contribution < 1.29 is 28.6 Å². The van der Waals surface area contributed by atoms with E-state index in [1.54, 1.807) is 38.1 Å². The fraction of sp³-hybridized carbons (Fsp3) is 0.524. The summed E-state index contributed by atoms with van der Waals surface area (Å²) in [6, 6.07) is 6.40. The molecular weight excluding hydrogens is 362 g/mol. The maximum absolute atomic E-state index is 12.2. The summed E-state index contributed by atoms with van der Waals surface area (Å²) in [5.41, 5.74) is 0.911. The lowest BCUT2D eigenvalue weighted by molar-refractivity contribution is -0.250. The largest absolute Gasteiger partial charge is 0.462 e. The van der Waals surface area contributed by atoms with E-state index in [1.807, 2.05) is 0 Å². The lowest BCUT2D eigenvalue weighted by Crippen LogP contribution is -2.49. The van der Waals surface area contributed by atoms with Gasteiger partial charge >= 0.3 is 17.9 Å². The predicted molar refractivity (Wildman–Crippen MR) is 103 cm³/mol. The molecule has 1 heterocycles. The number of ether oxygens (including phenoxy) is 3. The number of cyclic esters (lactones) is 2. The van der Waals surface area contributed by atoms with Crippen molar-refractivity contribution in [2.24, 2.45) is 10.9 Å². The first-order valence-corrected chi connectivity index (χ1v) is 9.71. The average molecular weight is 389 g/mol. The van der Waals surface area contributed by atoms with Crippen LogP contribution in [0.5, 0.6) is 0 Å². The van der Waals surface area contributed by atoms with Gasteiger partial charge in [-0.15, -0.1) is 0 Å². The van der Waals surface area contributed by atoms with E-state index in [0.717, 1.165) is 19.3 Å². The van der Waals surface area contributed by atoms with Crippen LogP contribution in [0.15, 0.2) is 29.3 Å². The number of carbonyl (C=O) groups excluding carboxylic acids is 3. The molecule has 1 saturated heterocycles. The molecular formula is C21H27NO6. The van der Waals surface area contributed by atoms with Crippen LogP contribution in [0.4, 0.5) is 5.69 Å². The Kier molecular flexibility index (Phi) is 7.72. The SMILES string of the molecule is CCCCCOC(=O)c1ccc(N=CC2C(=O)OC(CC)(CC)OC2=O)cc1. The predicted octanol–water partition coefficient (Wildman–Crippen LogP) is 3.97. The molecule has 1 aromatic carbocycles. The second-order valence-electron chi connectivity index (χ2n) is 6.61.